The molecule has 0 aliphatic carbocycles. The van der Waals surface area contributed by atoms with Gasteiger partial charge in [0.15, 0.2) is 0 Å². The summed E-state index contributed by atoms with van der Waals surface area (Å²) in [5.41, 5.74) is -0.0347. The van der Waals surface area contributed by atoms with Crippen LogP contribution in [0.3, 0.4) is 0 Å². The van der Waals surface area contributed by atoms with Crippen molar-refractivity contribution in [2.45, 2.75) is 12.2 Å². The zero-order valence-corrected chi connectivity index (χ0v) is 9.34. The molecule has 0 saturated carbocycles. The standard InChI is InChI=1S/C11H12F2O2S/c12-7-1-2-9(13)8(5-7)11(14)10-6-16-4-3-15-10/h1-2,5,10-11,14H,3-4,6H2. The Morgan fingerprint density at radius 2 is 2.25 bits per heavy atom. The lowest BCUT2D eigenvalue weighted by Crippen LogP contribution is -2.30. The zero-order valence-electron chi connectivity index (χ0n) is 8.53. The van der Waals surface area contributed by atoms with E-state index in [1.54, 1.807) is 11.8 Å². The van der Waals surface area contributed by atoms with Gasteiger partial charge in [-0.2, -0.15) is 11.8 Å². The van der Waals surface area contributed by atoms with E-state index in [4.69, 9.17) is 4.74 Å². The molecule has 1 aliphatic heterocycles. The quantitative estimate of drug-likeness (QED) is 0.867. The molecular weight excluding hydrogens is 234 g/mol. The molecule has 1 aromatic rings. The predicted molar refractivity (Wildman–Crippen MR) is 58.4 cm³/mol. The monoisotopic (exact) mass is 246 g/mol. The molecule has 2 unspecified atom stereocenters. The summed E-state index contributed by atoms with van der Waals surface area (Å²) in [5, 5.41) is 9.91. The van der Waals surface area contributed by atoms with E-state index in [0.29, 0.717) is 12.4 Å². The van der Waals surface area contributed by atoms with Crippen molar-refractivity contribution in [3.05, 3.63) is 35.4 Å². The van der Waals surface area contributed by atoms with Crippen LogP contribution in [0, 0.1) is 11.6 Å². The average molecular weight is 246 g/mol. The zero-order chi connectivity index (χ0) is 11.5. The van der Waals surface area contributed by atoms with Crippen LogP contribution >= 0.6 is 11.8 Å². The van der Waals surface area contributed by atoms with E-state index in [-0.39, 0.29) is 5.56 Å². The third-order valence-electron chi connectivity index (χ3n) is 2.47. The minimum Gasteiger partial charge on any atom is -0.386 e. The SMILES string of the molecule is OC(c1cc(F)ccc1F)C1CSCCO1. The van der Waals surface area contributed by atoms with Gasteiger partial charge in [0.1, 0.15) is 17.7 Å². The number of aliphatic hydroxyl groups is 1. The fourth-order valence-electron chi connectivity index (χ4n) is 1.63. The van der Waals surface area contributed by atoms with Crippen LogP contribution in [0.15, 0.2) is 18.2 Å². The minimum atomic E-state index is -1.11. The van der Waals surface area contributed by atoms with Gasteiger partial charge < -0.3 is 9.84 Å². The van der Waals surface area contributed by atoms with Crippen molar-refractivity contribution in [2.75, 3.05) is 18.1 Å². The largest absolute Gasteiger partial charge is 0.386 e. The summed E-state index contributed by atoms with van der Waals surface area (Å²) in [5.74, 6) is 0.304. The second-order valence-electron chi connectivity index (χ2n) is 3.59. The number of aliphatic hydroxyl groups excluding tert-OH is 1. The molecule has 0 radical (unpaired) electrons. The Morgan fingerprint density at radius 1 is 1.44 bits per heavy atom. The molecule has 1 N–H and O–H groups in total. The highest BCUT2D eigenvalue weighted by atomic mass is 32.2. The van der Waals surface area contributed by atoms with Gasteiger partial charge in [0.05, 0.1) is 12.7 Å². The van der Waals surface area contributed by atoms with E-state index in [1.165, 1.54) is 0 Å². The van der Waals surface area contributed by atoms with Crippen LogP contribution in [0.1, 0.15) is 11.7 Å². The number of halogens is 2. The number of hydrogen-bond acceptors (Lipinski definition) is 3. The number of ether oxygens (including phenoxy) is 1. The Bertz CT molecular complexity index is 367. The maximum Gasteiger partial charge on any atom is 0.129 e. The first-order valence-corrected chi connectivity index (χ1v) is 6.16. The van der Waals surface area contributed by atoms with Crippen LogP contribution in [0.2, 0.25) is 0 Å². The van der Waals surface area contributed by atoms with Gasteiger partial charge in [0.2, 0.25) is 0 Å². The Balaban J connectivity index is 2.18. The van der Waals surface area contributed by atoms with Gasteiger partial charge in [0, 0.05) is 17.1 Å². The highest BCUT2D eigenvalue weighted by Gasteiger charge is 2.26. The fraction of sp³-hybridized carbons (Fsp3) is 0.455. The molecule has 1 aliphatic rings. The summed E-state index contributed by atoms with van der Waals surface area (Å²) in [6, 6.07) is 3.06. The Kier molecular flexibility index (Phi) is 3.78. The van der Waals surface area contributed by atoms with Gasteiger partial charge in [-0.15, -0.1) is 0 Å². The lowest BCUT2D eigenvalue weighted by molar-refractivity contribution is -0.0243. The van der Waals surface area contributed by atoms with Crippen molar-refractivity contribution in [1.82, 2.24) is 0 Å². The van der Waals surface area contributed by atoms with E-state index in [1.807, 2.05) is 0 Å². The molecule has 0 aromatic heterocycles. The smallest absolute Gasteiger partial charge is 0.129 e. The van der Waals surface area contributed by atoms with E-state index in [2.05, 4.69) is 0 Å². The molecule has 1 heterocycles. The molecule has 5 heteroatoms. The third-order valence-corrected chi connectivity index (χ3v) is 3.49. The number of thioether (sulfide) groups is 1. The van der Waals surface area contributed by atoms with Crippen molar-refractivity contribution >= 4 is 11.8 Å². The summed E-state index contributed by atoms with van der Waals surface area (Å²) in [7, 11) is 0. The van der Waals surface area contributed by atoms with E-state index >= 15 is 0 Å². The molecule has 2 nitrogen and oxygen atoms in total. The lowest BCUT2D eigenvalue weighted by atomic mass is 10.0. The maximum absolute atomic E-state index is 13.4. The van der Waals surface area contributed by atoms with Gasteiger partial charge in [-0.1, -0.05) is 0 Å². The van der Waals surface area contributed by atoms with Gasteiger partial charge in [-0.05, 0) is 18.2 Å². The third kappa shape index (κ3) is 2.53. The predicted octanol–water partition coefficient (Wildman–Crippen LogP) is 2.13. The second-order valence-corrected chi connectivity index (χ2v) is 4.74. The van der Waals surface area contributed by atoms with E-state index < -0.39 is 23.8 Å². The van der Waals surface area contributed by atoms with Crippen LogP contribution < -0.4 is 0 Å². The molecule has 0 bridgehead atoms. The average Bonchev–Trinajstić information content (AvgIpc) is 2.32. The normalized spacial score (nSPS) is 23.1. The fourth-order valence-corrected chi connectivity index (χ4v) is 2.52. The van der Waals surface area contributed by atoms with Gasteiger partial charge in [-0.3, -0.25) is 0 Å². The van der Waals surface area contributed by atoms with E-state index in [0.717, 1.165) is 24.0 Å². The van der Waals surface area contributed by atoms with Crippen molar-refractivity contribution in [3.8, 4) is 0 Å². The van der Waals surface area contributed by atoms with Crippen molar-refractivity contribution in [1.29, 1.82) is 0 Å². The molecule has 1 aromatic carbocycles. The first-order valence-electron chi connectivity index (χ1n) is 5.01. The molecule has 1 fully saturated rings. The number of rotatable bonds is 2. The van der Waals surface area contributed by atoms with Crippen LogP contribution in [-0.4, -0.2) is 29.3 Å². The first-order chi connectivity index (χ1) is 7.68. The summed E-state index contributed by atoms with van der Waals surface area (Å²) >= 11 is 1.63. The second kappa shape index (κ2) is 5.12. The van der Waals surface area contributed by atoms with Gasteiger partial charge in [0.25, 0.3) is 0 Å². The molecule has 1 saturated heterocycles. The maximum atomic E-state index is 13.4. The van der Waals surface area contributed by atoms with Crippen molar-refractivity contribution < 1.29 is 18.6 Å². The van der Waals surface area contributed by atoms with Gasteiger partial charge >= 0.3 is 0 Å². The Labute approximate surface area is 96.6 Å². The lowest BCUT2D eigenvalue weighted by Gasteiger charge is -2.27. The molecule has 2 atom stereocenters. The summed E-state index contributed by atoms with van der Waals surface area (Å²) in [6.45, 7) is 0.531. The molecule has 16 heavy (non-hydrogen) atoms. The van der Waals surface area contributed by atoms with E-state index in [9.17, 15) is 13.9 Å². The Hall–Kier alpha value is -0.650. The molecule has 0 amide bonds. The van der Waals surface area contributed by atoms with Crippen LogP contribution in [0.25, 0.3) is 0 Å². The van der Waals surface area contributed by atoms with Crippen molar-refractivity contribution in [2.24, 2.45) is 0 Å². The molecule has 2 rings (SSSR count). The van der Waals surface area contributed by atoms with Crippen LogP contribution in [-0.2, 0) is 4.74 Å². The number of hydrogen-bond donors (Lipinski definition) is 1. The molecular formula is C11H12F2O2S. The summed E-state index contributed by atoms with van der Waals surface area (Å²) in [6.07, 6.45) is -1.57. The van der Waals surface area contributed by atoms with Crippen LogP contribution in [0.5, 0.6) is 0 Å². The van der Waals surface area contributed by atoms with Crippen molar-refractivity contribution in [3.63, 3.8) is 0 Å². The Morgan fingerprint density at radius 3 is 2.94 bits per heavy atom. The molecule has 0 spiro atoms. The highest BCUT2D eigenvalue weighted by molar-refractivity contribution is 7.99. The van der Waals surface area contributed by atoms with Crippen LogP contribution in [0.4, 0.5) is 8.78 Å². The van der Waals surface area contributed by atoms with Gasteiger partial charge in [-0.25, -0.2) is 8.78 Å². The summed E-state index contributed by atoms with van der Waals surface area (Å²) in [4.78, 5) is 0. The topological polar surface area (TPSA) is 29.5 Å². The minimum absolute atomic E-state index is 0.0347. The number of benzene rings is 1. The highest BCUT2D eigenvalue weighted by Crippen LogP contribution is 2.27. The summed E-state index contributed by atoms with van der Waals surface area (Å²) < 4.78 is 31.7. The first kappa shape index (κ1) is 11.8. The molecule has 88 valence electrons.